The third-order valence-electron chi connectivity index (χ3n) is 3.71. The van der Waals surface area contributed by atoms with Gasteiger partial charge >= 0.3 is 0 Å². The Kier molecular flexibility index (Phi) is 5.27. The fourth-order valence-electron chi connectivity index (χ4n) is 2.39. The van der Waals surface area contributed by atoms with E-state index in [-0.39, 0.29) is 11.3 Å². The van der Waals surface area contributed by atoms with Crippen molar-refractivity contribution in [2.75, 3.05) is 5.32 Å². The number of anilines is 1. The monoisotopic (exact) mass is 418 g/mol. The predicted molar refractivity (Wildman–Crippen MR) is 98.3 cm³/mol. The summed E-state index contributed by atoms with van der Waals surface area (Å²) in [5, 5.41) is 2.40. The molecule has 3 rings (SSSR count). The molecule has 0 saturated carbocycles. The standard InChI is InChI=1S/C19H13BrF2N2O2/c20-13-5-3-12(4-6-13)11-24-9-1-2-15(19(24)26)18(25)23-14-7-8-16(21)17(22)10-14/h1-10H,11H2,(H,23,25). The highest BCUT2D eigenvalue weighted by Crippen LogP contribution is 2.14. The third kappa shape index (κ3) is 4.05. The quantitative estimate of drug-likeness (QED) is 0.690. The lowest BCUT2D eigenvalue weighted by molar-refractivity contribution is 0.102. The molecule has 2 aromatic carbocycles. The van der Waals surface area contributed by atoms with Crippen molar-refractivity contribution in [2.24, 2.45) is 0 Å². The maximum atomic E-state index is 13.3. The van der Waals surface area contributed by atoms with E-state index in [1.807, 2.05) is 24.3 Å². The molecule has 0 atom stereocenters. The minimum Gasteiger partial charge on any atom is -0.322 e. The van der Waals surface area contributed by atoms with Gasteiger partial charge in [-0.25, -0.2) is 8.78 Å². The first-order valence-corrected chi connectivity index (χ1v) is 8.43. The number of rotatable bonds is 4. The molecule has 7 heteroatoms. The minimum absolute atomic E-state index is 0.0663. The Balaban J connectivity index is 1.83. The Morgan fingerprint density at radius 3 is 2.46 bits per heavy atom. The molecule has 0 aliphatic heterocycles. The molecule has 0 aliphatic carbocycles. The summed E-state index contributed by atoms with van der Waals surface area (Å²) < 4.78 is 28.5. The molecule has 132 valence electrons. The van der Waals surface area contributed by atoms with Crippen LogP contribution < -0.4 is 10.9 Å². The third-order valence-corrected chi connectivity index (χ3v) is 4.24. The van der Waals surface area contributed by atoms with Crippen molar-refractivity contribution < 1.29 is 13.6 Å². The number of aromatic nitrogens is 1. The van der Waals surface area contributed by atoms with E-state index in [0.717, 1.165) is 22.2 Å². The molecule has 0 saturated heterocycles. The zero-order valence-electron chi connectivity index (χ0n) is 13.4. The number of benzene rings is 2. The highest BCUT2D eigenvalue weighted by Gasteiger charge is 2.13. The number of hydrogen-bond donors (Lipinski definition) is 1. The zero-order chi connectivity index (χ0) is 18.7. The van der Waals surface area contributed by atoms with Gasteiger partial charge < -0.3 is 9.88 Å². The van der Waals surface area contributed by atoms with E-state index in [1.54, 1.807) is 12.3 Å². The van der Waals surface area contributed by atoms with Gasteiger partial charge in [-0.2, -0.15) is 0 Å². The average molecular weight is 419 g/mol. The fraction of sp³-hybridized carbons (Fsp3) is 0.0526. The lowest BCUT2D eigenvalue weighted by atomic mass is 10.2. The highest BCUT2D eigenvalue weighted by atomic mass is 79.9. The van der Waals surface area contributed by atoms with Crippen LogP contribution >= 0.6 is 15.9 Å². The van der Waals surface area contributed by atoms with Crippen molar-refractivity contribution in [1.29, 1.82) is 0 Å². The average Bonchev–Trinajstić information content (AvgIpc) is 2.62. The van der Waals surface area contributed by atoms with Crippen molar-refractivity contribution in [3.8, 4) is 0 Å². The van der Waals surface area contributed by atoms with Gasteiger partial charge in [0.15, 0.2) is 11.6 Å². The summed E-state index contributed by atoms with van der Waals surface area (Å²) >= 11 is 3.35. The second kappa shape index (κ2) is 7.61. The largest absolute Gasteiger partial charge is 0.322 e. The van der Waals surface area contributed by atoms with E-state index >= 15 is 0 Å². The van der Waals surface area contributed by atoms with Crippen LogP contribution in [0.25, 0.3) is 0 Å². The maximum Gasteiger partial charge on any atom is 0.263 e. The van der Waals surface area contributed by atoms with Gasteiger partial charge in [0.1, 0.15) is 5.56 Å². The van der Waals surface area contributed by atoms with Crippen LogP contribution in [0.15, 0.2) is 70.1 Å². The Morgan fingerprint density at radius 1 is 1.04 bits per heavy atom. The topological polar surface area (TPSA) is 51.1 Å². The second-order valence-corrected chi connectivity index (χ2v) is 6.48. The summed E-state index contributed by atoms with van der Waals surface area (Å²) in [7, 11) is 0. The summed E-state index contributed by atoms with van der Waals surface area (Å²) in [5.41, 5.74) is 0.398. The molecule has 0 spiro atoms. The van der Waals surface area contributed by atoms with E-state index in [1.165, 1.54) is 16.7 Å². The lowest BCUT2D eigenvalue weighted by Crippen LogP contribution is -2.29. The summed E-state index contributed by atoms with van der Waals surface area (Å²) in [6.45, 7) is 0.304. The molecular formula is C19H13BrF2N2O2. The van der Waals surface area contributed by atoms with Gasteiger partial charge in [-0.1, -0.05) is 28.1 Å². The van der Waals surface area contributed by atoms with Crippen LogP contribution in [0.1, 0.15) is 15.9 Å². The lowest BCUT2D eigenvalue weighted by Gasteiger charge is -2.09. The molecule has 4 nitrogen and oxygen atoms in total. The Morgan fingerprint density at radius 2 is 1.77 bits per heavy atom. The van der Waals surface area contributed by atoms with Crippen molar-refractivity contribution in [3.05, 3.63) is 98.4 Å². The molecule has 1 aromatic heterocycles. The van der Waals surface area contributed by atoms with Gasteiger partial charge in [-0.05, 0) is 42.0 Å². The van der Waals surface area contributed by atoms with Crippen LogP contribution in [-0.2, 0) is 6.54 Å². The predicted octanol–water partition coefficient (Wildman–Crippen LogP) is 4.19. The minimum atomic E-state index is -1.08. The molecule has 0 unspecified atom stereocenters. The van der Waals surface area contributed by atoms with Crippen LogP contribution in [0.3, 0.4) is 0 Å². The van der Waals surface area contributed by atoms with E-state index in [9.17, 15) is 18.4 Å². The van der Waals surface area contributed by atoms with Crippen LogP contribution in [-0.4, -0.2) is 10.5 Å². The molecule has 0 bridgehead atoms. The fourth-order valence-corrected chi connectivity index (χ4v) is 2.66. The van der Waals surface area contributed by atoms with Crippen molar-refractivity contribution in [1.82, 2.24) is 4.57 Å². The summed E-state index contributed by atoms with van der Waals surface area (Å²) in [6.07, 6.45) is 1.58. The van der Waals surface area contributed by atoms with Gasteiger partial charge in [0.05, 0.1) is 6.54 Å². The number of hydrogen-bond acceptors (Lipinski definition) is 2. The summed E-state index contributed by atoms with van der Waals surface area (Å²) in [5.74, 6) is -2.78. The molecule has 26 heavy (non-hydrogen) atoms. The maximum absolute atomic E-state index is 13.3. The van der Waals surface area contributed by atoms with Crippen molar-refractivity contribution in [2.45, 2.75) is 6.54 Å². The van der Waals surface area contributed by atoms with Crippen LogP contribution in [0, 0.1) is 11.6 Å². The zero-order valence-corrected chi connectivity index (χ0v) is 15.0. The van der Waals surface area contributed by atoms with Gasteiger partial charge in [-0.15, -0.1) is 0 Å². The molecule has 1 heterocycles. The normalized spacial score (nSPS) is 10.6. The smallest absolute Gasteiger partial charge is 0.263 e. The highest BCUT2D eigenvalue weighted by molar-refractivity contribution is 9.10. The van der Waals surface area contributed by atoms with E-state index in [2.05, 4.69) is 21.2 Å². The first-order valence-electron chi connectivity index (χ1n) is 7.64. The number of carbonyl (C=O) groups is 1. The van der Waals surface area contributed by atoms with Crippen molar-refractivity contribution >= 4 is 27.5 Å². The van der Waals surface area contributed by atoms with Gasteiger partial charge in [0.25, 0.3) is 11.5 Å². The Labute approximate surface area is 156 Å². The number of nitrogens with zero attached hydrogens (tertiary/aromatic N) is 1. The SMILES string of the molecule is O=C(Nc1ccc(F)c(F)c1)c1cccn(Cc2ccc(Br)cc2)c1=O. The van der Waals surface area contributed by atoms with Crippen LogP contribution in [0.2, 0.25) is 0 Å². The molecule has 0 radical (unpaired) electrons. The van der Waals surface area contributed by atoms with Crippen molar-refractivity contribution in [3.63, 3.8) is 0 Å². The van der Waals surface area contributed by atoms with Gasteiger partial charge in [0, 0.05) is 22.4 Å². The van der Waals surface area contributed by atoms with Gasteiger partial charge in [-0.3, -0.25) is 9.59 Å². The summed E-state index contributed by atoms with van der Waals surface area (Å²) in [4.78, 5) is 24.9. The molecule has 1 amide bonds. The first-order chi connectivity index (χ1) is 12.4. The van der Waals surface area contributed by atoms with Gasteiger partial charge in [0.2, 0.25) is 0 Å². The molecular weight excluding hydrogens is 406 g/mol. The Bertz CT molecular complexity index is 1020. The number of nitrogens with one attached hydrogen (secondary N) is 1. The number of amides is 1. The number of halogens is 3. The molecule has 3 aromatic rings. The Hall–Kier alpha value is -2.80. The molecule has 0 aliphatic rings. The number of carbonyl (C=O) groups excluding carboxylic acids is 1. The van der Waals surface area contributed by atoms with E-state index in [4.69, 9.17) is 0 Å². The van der Waals surface area contributed by atoms with E-state index in [0.29, 0.717) is 6.54 Å². The molecule has 0 fully saturated rings. The number of pyridine rings is 1. The van der Waals surface area contributed by atoms with Crippen LogP contribution in [0.4, 0.5) is 14.5 Å². The summed E-state index contributed by atoms with van der Waals surface area (Å²) in [6, 6.07) is 13.4. The van der Waals surface area contributed by atoms with E-state index < -0.39 is 23.1 Å². The molecule has 1 N–H and O–H groups in total. The first kappa shape index (κ1) is 18.0. The van der Waals surface area contributed by atoms with Crippen LogP contribution in [0.5, 0.6) is 0 Å². The second-order valence-electron chi connectivity index (χ2n) is 5.56.